The smallest absolute Gasteiger partial charge is 0.340 e. The molecule has 2 aromatic carbocycles. The lowest BCUT2D eigenvalue weighted by molar-refractivity contribution is -0.144. The Morgan fingerprint density at radius 1 is 1.07 bits per heavy atom. The van der Waals surface area contributed by atoms with Gasteiger partial charge in [0.2, 0.25) is 0 Å². The molecular formula is C21H18FNO4. The fourth-order valence-corrected chi connectivity index (χ4v) is 2.89. The van der Waals surface area contributed by atoms with E-state index in [0.29, 0.717) is 22.3 Å². The predicted octanol–water partition coefficient (Wildman–Crippen LogP) is 3.75. The van der Waals surface area contributed by atoms with Gasteiger partial charge in [-0.05, 0) is 36.2 Å². The SMILES string of the molecule is COC(=O)c1c(COC(=O)Cc2ccc(F)cc2)nc2ccccc2c1C. The van der Waals surface area contributed by atoms with Crippen LogP contribution in [-0.2, 0) is 27.3 Å². The highest BCUT2D eigenvalue weighted by Crippen LogP contribution is 2.24. The molecule has 0 N–H and O–H groups in total. The van der Waals surface area contributed by atoms with Crippen LogP contribution < -0.4 is 0 Å². The van der Waals surface area contributed by atoms with Crippen LogP contribution in [0.3, 0.4) is 0 Å². The fraction of sp³-hybridized carbons (Fsp3) is 0.190. The van der Waals surface area contributed by atoms with Crippen LogP contribution in [0.15, 0.2) is 48.5 Å². The lowest BCUT2D eigenvalue weighted by atomic mass is 10.0. The molecule has 6 heteroatoms. The third-order valence-corrected chi connectivity index (χ3v) is 4.25. The van der Waals surface area contributed by atoms with Gasteiger partial charge in [-0.2, -0.15) is 0 Å². The molecule has 3 rings (SSSR count). The number of halogens is 1. The topological polar surface area (TPSA) is 65.5 Å². The maximum Gasteiger partial charge on any atom is 0.340 e. The summed E-state index contributed by atoms with van der Waals surface area (Å²) in [7, 11) is 1.29. The summed E-state index contributed by atoms with van der Waals surface area (Å²) in [6, 6.07) is 13.0. The Kier molecular flexibility index (Phi) is 5.45. The van der Waals surface area contributed by atoms with Crippen LogP contribution in [0.5, 0.6) is 0 Å². The minimum absolute atomic E-state index is 0.000398. The molecule has 0 saturated carbocycles. The number of benzene rings is 2. The highest BCUT2D eigenvalue weighted by atomic mass is 19.1. The number of carbonyl (C=O) groups is 2. The van der Waals surface area contributed by atoms with E-state index in [1.807, 2.05) is 24.3 Å². The molecule has 3 aromatic rings. The summed E-state index contributed by atoms with van der Waals surface area (Å²) in [5, 5.41) is 0.833. The van der Waals surface area contributed by atoms with E-state index in [1.54, 1.807) is 6.92 Å². The van der Waals surface area contributed by atoms with Crippen molar-refractivity contribution in [1.29, 1.82) is 0 Å². The van der Waals surface area contributed by atoms with Crippen LogP contribution in [0.4, 0.5) is 4.39 Å². The first-order valence-electron chi connectivity index (χ1n) is 8.36. The number of methoxy groups -OCH3 is 1. The van der Waals surface area contributed by atoms with Crippen molar-refractivity contribution in [2.75, 3.05) is 7.11 Å². The monoisotopic (exact) mass is 367 g/mol. The second kappa shape index (κ2) is 7.95. The van der Waals surface area contributed by atoms with Crippen LogP contribution in [0, 0.1) is 12.7 Å². The van der Waals surface area contributed by atoms with Gasteiger partial charge in [-0.1, -0.05) is 30.3 Å². The first kappa shape index (κ1) is 18.5. The van der Waals surface area contributed by atoms with Gasteiger partial charge in [0.1, 0.15) is 12.4 Å². The van der Waals surface area contributed by atoms with Crippen molar-refractivity contribution < 1.29 is 23.5 Å². The number of nitrogens with zero attached hydrogens (tertiary/aromatic N) is 1. The molecule has 1 aromatic heterocycles. The van der Waals surface area contributed by atoms with Crippen molar-refractivity contribution in [3.05, 3.63) is 76.7 Å². The second-order valence-corrected chi connectivity index (χ2v) is 6.03. The average Bonchev–Trinajstić information content (AvgIpc) is 2.68. The zero-order valence-electron chi connectivity index (χ0n) is 15.0. The van der Waals surface area contributed by atoms with Gasteiger partial charge < -0.3 is 9.47 Å². The summed E-state index contributed by atoms with van der Waals surface area (Å²) in [6.45, 7) is 1.65. The van der Waals surface area contributed by atoms with Crippen LogP contribution in [0.1, 0.15) is 27.2 Å². The molecule has 0 aliphatic heterocycles. The maximum atomic E-state index is 12.9. The van der Waals surface area contributed by atoms with Crippen molar-refractivity contribution >= 4 is 22.8 Å². The van der Waals surface area contributed by atoms with Gasteiger partial charge in [0.05, 0.1) is 30.3 Å². The van der Waals surface area contributed by atoms with E-state index in [9.17, 15) is 14.0 Å². The molecule has 0 radical (unpaired) electrons. The Bertz CT molecular complexity index is 999. The molecule has 0 unspecified atom stereocenters. The van der Waals surface area contributed by atoms with Crippen molar-refractivity contribution in [1.82, 2.24) is 4.98 Å². The number of fused-ring (bicyclic) bond motifs is 1. The van der Waals surface area contributed by atoms with Crippen molar-refractivity contribution in [2.45, 2.75) is 20.0 Å². The summed E-state index contributed by atoms with van der Waals surface area (Å²) < 4.78 is 23.1. The molecule has 0 atom stereocenters. The van der Waals surface area contributed by atoms with Crippen LogP contribution in [-0.4, -0.2) is 24.0 Å². The molecule has 0 bridgehead atoms. The number of para-hydroxylation sites is 1. The Morgan fingerprint density at radius 2 is 1.78 bits per heavy atom. The second-order valence-electron chi connectivity index (χ2n) is 6.03. The molecule has 27 heavy (non-hydrogen) atoms. The number of carbonyl (C=O) groups excluding carboxylic acids is 2. The zero-order valence-corrected chi connectivity index (χ0v) is 15.0. The predicted molar refractivity (Wildman–Crippen MR) is 97.7 cm³/mol. The van der Waals surface area contributed by atoms with Gasteiger partial charge in [0.15, 0.2) is 0 Å². The lowest BCUT2D eigenvalue weighted by Gasteiger charge is -2.13. The van der Waals surface area contributed by atoms with Gasteiger partial charge >= 0.3 is 11.9 Å². The molecule has 0 amide bonds. The number of esters is 2. The molecule has 0 aliphatic carbocycles. The largest absolute Gasteiger partial charge is 0.465 e. The maximum absolute atomic E-state index is 12.9. The molecule has 0 saturated heterocycles. The van der Waals surface area contributed by atoms with Crippen LogP contribution in [0.25, 0.3) is 10.9 Å². The van der Waals surface area contributed by atoms with E-state index >= 15 is 0 Å². The van der Waals surface area contributed by atoms with Gasteiger partial charge in [-0.25, -0.2) is 14.2 Å². The normalized spacial score (nSPS) is 10.6. The first-order valence-corrected chi connectivity index (χ1v) is 8.36. The van der Waals surface area contributed by atoms with Crippen molar-refractivity contribution in [3.63, 3.8) is 0 Å². The fourth-order valence-electron chi connectivity index (χ4n) is 2.89. The number of aryl methyl sites for hydroxylation is 1. The summed E-state index contributed by atoms with van der Waals surface area (Å²) in [6.07, 6.45) is 0.000398. The number of hydrogen-bond donors (Lipinski definition) is 0. The van der Waals surface area contributed by atoms with E-state index in [-0.39, 0.29) is 18.8 Å². The Balaban J connectivity index is 1.83. The summed E-state index contributed by atoms with van der Waals surface area (Å²) >= 11 is 0. The quantitative estimate of drug-likeness (QED) is 0.643. The van der Waals surface area contributed by atoms with Gasteiger partial charge in [-0.15, -0.1) is 0 Å². The third kappa shape index (κ3) is 4.11. The molecule has 1 heterocycles. The average molecular weight is 367 g/mol. The third-order valence-electron chi connectivity index (χ3n) is 4.25. The van der Waals surface area contributed by atoms with Crippen LogP contribution in [0.2, 0.25) is 0 Å². The number of ether oxygens (including phenoxy) is 2. The Labute approximate surface area is 155 Å². The number of aromatic nitrogens is 1. The molecule has 138 valence electrons. The molecule has 5 nitrogen and oxygen atoms in total. The van der Waals surface area contributed by atoms with E-state index < -0.39 is 11.9 Å². The number of hydrogen-bond acceptors (Lipinski definition) is 5. The molecule has 0 fully saturated rings. The number of rotatable bonds is 5. The van der Waals surface area contributed by atoms with Gasteiger partial charge in [-0.3, -0.25) is 4.79 Å². The summed E-state index contributed by atoms with van der Waals surface area (Å²) in [5.74, 6) is -1.40. The first-order chi connectivity index (χ1) is 13.0. The lowest BCUT2D eigenvalue weighted by Crippen LogP contribution is -2.14. The minimum atomic E-state index is -0.532. The van der Waals surface area contributed by atoms with E-state index in [4.69, 9.17) is 9.47 Å². The van der Waals surface area contributed by atoms with Crippen molar-refractivity contribution in [3.8, 4) is 0 Å². The summed E-state index contributed by atoms with van der Waals surface area (Å²) in [4.78, 5) is 28.8. The zero-order chi connectivity index (χ0) is 19.4. The van der Waals surface area contributed by atoms with E-state index in [0.717, 1.165) is 10.9 Å². The van der Waals surface area contributed by atoms with E-state index in [1.165, 1.54) is 31.4 Å². The minimum Gasteiger partial charge on any atom is -0.465 e. The Hall–Kier alpha value is -3.28. The highest BCUT2D eigenvalue weighted by Gasteiger charge is 2.20. The summed E-state index contributed by atoms with van der Waals surface area (Å²) in [5.41, 5.74) is 2.69. The Morgan fingerprint density at radius 3 is 2.48 bits per heavy atom. The van der Waals surface area contributed by atoms with Gasteiger partial charge in [0, 0.05) is 5.39 Å². The molecule has 0 aliphatic rings. The van der Waals surface area contributed by atoms with E-state index in [2.05, 4.69) is 4.98 Å². The van der Waals surface area contributed by atoms with Crippen LogP contribution >= 0.6 is 0 Å². The molecular weight excluding hydrogens is 349 g/mol. The van der Waals surface area contributed by atoms with Gasteiger partial charge in [0.25, 0.3) is 0 Å². The van der Waals surface area contributed by atoms with Crippen molar-refractivity contribution in [2.24, 2.45) is 0 Å². The standard InChI is InChI=1S/C21H18FNO4/c1-13-16-5-3-4-6-17(16)23-18(20(13)21(25)26-2)12-27-19(24)11-14-7-9-15(22)10-8-14/h3-10H,11-12H2,1-2H3. The number of pyridine rings is 1. The highest BCUT2D eigenvalue weighted by molar-refractivity contribution is 5.98. The molecule has 0 spiro atoms.